The average Bonchev–Trinajstić information content (AvgIpc) is 2.88. The van der Waals surface area contributed by atoms with Crippen LogP contribution in [0.2, 0.25) is 0 Å². The summed E-state index contributed by atoms with van der Waals surface area (Å²) in [6.45, 7) is 2.98. The summed E-state index contributed by atoms with van der Waals surface area (Å²) in [4.78, 5) is 2.41. The minimum atomic E-state index is 0.658. The van der Waals surface area contributed by atoms with E-state index in [-0.39, 0.29) is 0 Å². The van der Waals surface area contributed by atoms with Gasteiger partial charge in [-0.1, -0.05) is 0 Å². The van der Waals surface area contributed by atoms with Gasteiger partial charge in [0.25, 0.3) is 0 Å². The number of nitrogens with zero attached hydrogens (tertiary/aromatic N) is 3. The molecule has 1 aromatic rings. The Bertz CT molecular complexity index is 382. The van der Waals surface area contributed by atoms with Gasteiger partial charge in [-0.15, -0.1) is 0 Å². The topological polar surface area (TPSA) is 33.1 Å². The van der Waals surface area contributed by atoms with Gasteiger partial charge < -0.3 is 10.2 Å². The normalized spacial score (nSPS) is 19.9. The third-order valence-electron chi connectivity index (χ3n) is 3.45. The van der Waals surface area contributed by atoms with E-state index in [2.05, 4.69) is 41.0 Å². The minimum absolute atomic E-state index is 0.658. The summed E-state index contributed by atoms with van der Waals surface area (Å²) in [7, 11) is 6.23. The lowest BCUT2D eigenvalue weighted by Gasteiger charge is -2.27. The summed E-state index contributed by atoms with van der Waals surface area (Å²) >= 11 is 2.05. The summed E-state index contributed by atoms with van der Waals surface area (Å²) in [5.41, 5.74) is 2.46. The molecular formula is C12H22N4S. The Balaban J connectivity index is 2.28. The van der Waals surface area contributed by atoms with E-state index in [0.29, 0.717) is 6.04 Å². The van der Waals surface area contributed by atoms with Crippen molar-refractivity contribution >= 4 is 17.6 Å². The monoisotopic (exact) mass is 254 g/mol. The quantitative estimate of drug-likeness (QED) is 0.880. The molecule has 1 N–H and O–H groups in total. The second kappa shape index (κ2) is 5.31. The third-order valence-corrected chi connectivity index (χ3v) is 4.60. The van der Waals surface area contributed by atoms with Gasteiger partial charge in [-0.3, -0.25) is 4.68 Å². The molecule has 0 radical (unpaired) electrons. The van der Waals surface area contributed by atoms with Gasteiger partial charge in [-0.25, -0.2) is 0 Å². The third kappa shape index (κ3) is 2.45. The van der Waals surface area contributed by atoms with Crippen molar-refractivity contribution in [2.75, 3.05) is 30.5 Å². The number of aromatic nitrogens is 2. The molecule has 0 aromatic carbocycles. The lowest BCUT2D eigenvalue weighted by atomic mass is 10.2. The van der Waals surface area contributed by atoms with Crippen molar-refractivity contribution in [3.63, 3.8) is 0 Å². The molecule has 96 valence electrons. The van der Waals surface area contributed by atoms with Crippen LogP contribution in [0.4, 0.5) is 5.82 Å². The zero-order valence-corrected chi connectivity index (χ0v) is 12.0. The molecule has 17 heavy (non-hydrogen) atoms. The first-order valence-electron chi connectivity index (χ1n) is 6.12. The molecule has 4 nitrogen and oxygen atoms in total. The number of anilines is 1. The van der Waals surface area contributed by atoms with Crippen molar-refractivity contribution in [1.29, 1.82) is 0 Å². The number of rotatable bonds is 4. The predicted octanol–water partition coefficient (Wildman–Crippen LogP) is 1.39. The van der Waals surface area contributed by atoms with Crippen molar-refractivity contribution in [3.8, 4) is 0 Å². The van der Waals surface area contributed by atoms with Gasteiger partial charge in [0.15, 0.2) is 0 Å². The van der Waals surface area contributed by atoms with Crippen LogP contribution >= 0.6 is 11.8 Å². The first-order valence-corrected chi connectivity index (χ1v) is 7.28. The average molecular weight is 254 g/mol. The first kappa shape index (κ1) is 12.8. The molecule has 1 unspecified atom stereocenters. The van der Waals surface area contributed by atoms with E-state index in [0.717, 1.165) is 12.2 Å². The Kier molecular flexibility index (Phi) is 3.99. The number of aryl methyl sites for hydroxylation is 2. The highest BCUT2D eigenvalue weighted by Gasteiger charge is 2.25. The van der Waals surface area contributed by atoms with Crippen LogP contribution in [0, 0.1) is 6.92 Å². The number of hydrogen-bond donors (Lipinski definition) is 1. The zero-order chi connectivity index (χ0) is 12.4. The van der Waals surface area contributed by atoms with Crippen LogP contribution in [0.15, 0.2) is 0 Å². The molecule has 0 aliphatic carbocycles. The Morgan fingerprint density at radius 3 is 2.94 bits per heavy atom. The summed E-state index contributed by atoms with van der Waals surface area (Å²) in [5, 5.41) is 7.79. The molecule has 1 fully saturated rings. The molecule has 2 heterocycles. The fourth-order valence-electron chi connectivity index (χ4n) is 2.52. The smallest absolute Gasteiger partial charge is 0.131 e. The molecule has 1 aliphatic heterocycles. The van der Waals surface area contributed by atoms with E-state index in [4.69, 9.17) is 0 Å². The molecule has 0 saturated carbocycles. The summed E-state index contributed by atoms with van der Waals surface area (Å²) < 4.78 is 2.02. The van der Waals surface area contributed by atoms with Gasteiger partial charge >= 0.3 is 0 Å². The fourth-order valence-corrected chi connectivity index (χ4v) is 3.78. The second-order valence-corrected chi connectivity index (χ2v) is 5.82. The van der Waals surface area contributed by atoms with E-state index >= 15 is 0 Å². The molecule has 0 amide bonds. The fraction of sp³-hybridized carbons (Fsp3) is 0.750. The van der Waals surface area contributed by atoms with Gasteiger partial charge in [0, 0.05) is 38.0 Å². The first-order chi connectivity index (χ1) is 8.15. The van der Waals surface area contributed by atoms with Crippen LogP contribution in [0.5, 0.6) is 0 Å². The van der Waals surface area contributed by atoms with Crippen LogP contribution in [0.25, 0.3) is 0 Å². The maximum absolute atomic E-state index is 4.55. The molecule has 2 rings (SSSR count). The van der Waals surface area contributed by atoms with Gasteiger partial charge in [0.1, 0.15) is 5.82 Å². The number of nitrogens with one attached hydrogen (secondary N) is 1. The number of thioether (sulfide) groups is 1. The Morgan fingerprint density at radius 1 is 1.59 bits per heavy atom. The maximum Gasteiger partial charge on any atom is 0.131 e. The molecule has 0 bridgehead atoms. The minimum Gasteiger partial charge on any atom is -0.356 e. The zero-order valence-electron chi connectivity index (χ0n) is 11.2. The Hall–Kier alpha value is -0.680. The van der Waals surface area contributed by atoms with E-state index in [1.807, 2.05) is 18.8 Å². The lowest BCUT2D eigenvalue weighted by molar-refractivity contribution is 0.649. The van der Waals surface area contributed by atoms with Crippen LogP contribution in [-0.2, 0) is 13.6 Å². The van der Waals surface area contributed by atoms with Crippen molar-refractivity contribution in [1.82, 2.24) is 15.1 Å². The standard InChI is InChI=1S/C12H22N4S/c1-9-11(7-13-2)12(16(4)14-9)15(3)10-5-6-17-8-10/h10,13H,5-8H2,1-4H3. The van der Waals surface area contributed by atoms with Crippen molar-refractivity contribution < 1.29 is 0 Å². The molecule has 1 aliphatic rings. The highest BCUT2D eigenvalue weighted by atomic mass is 32.2. The molecular weight excluding hydrogens is 232 g/mol. The molecule has 1 aromatic heterocycles. The highest BCUT2D eigenvalue weighted by molar-refractivity contribution is 7.99. The van der Waals surface area contributed by atoms with E-state index in [1.54, 1.807) is 0 Å². The van der Waals surface area contributed by atoms with Gasteiger partial charge in [-0.05, 0) is 26.1 Å². The van der Waals surface area contributed by atoms with Crippen molar-refractivity contribution in [2.45, 2.75) is 25.9 Å². The van der Waals surface area contributed by atoms with Gasteiger partial charge in [-0.2, -0.15) is 16.9 Å². The predicted molar refractivity (Wildman–Crippen MR) is 74.8 cm³/mol. The van der Waals surface area contributed by atoms with Crippen LogP contribution in [-0.4, -0.2) is 41.4 Å². The van der Waals surface area contributed by atoms with E-state index < -0.39 is 0 Å². The molecule has 0 spiro atoms. The molecule has 1 atom stereocenters. The summed E-state index contributed by atoms with van der Waals surface area (Å²) in [5.74, 6) is 3.79. The van der Waals surface area contributed by atoms with Gasteiger partial charge in [0.2, 0.25) is 0 Å². The van der Waals surface area contributed by atoms with E-state index in [9.17, 15) is 0 Å². The Labute approximate surface area is 108 Å². The second-order valence-electron chi connectivity index (χ2n) is 4.67. The largest absolute Gasteiger partial charge is 0.356 e. The van der Waals surface area contributed by atoms with E-state index in [1.165, 1.54) is 29.3 Å². The van der Waals surface area contributed by atoms with Crippen molar-refractivity contribution in [3.05, 3.63) is 11.3 Å². The Morgan fingerprint density at radius 2 is 2.35 bits per heavy atom. The molecule has 5 heteroatoms. The molecule has 1 saturated heterocycles. The van der Waals surface area contributed by atoms with Crippen LogP contribution in [0.3, 0.4) is 0 Å². The summed E-state index contributed by atoms with van der Waals surface area (Å²) in [6.07, 6.45) is 1.28. The maximum atomic E-state index is 4.55. The van der Waals surface area contributed by atoms with Gasteiger partial charge in [0.05, 0.1) is 5.69 Å². The van der Waals surface area contributed by atoms with Crippen LogP contribution in [0.1, 0.15) is 17.7 Å². The van der Waals surface area contributed by atoms with Crippen LogP contribution < -0.4 is 10.2 Å². The van der Waals surface area contributed by atoms with Crippen molar-refractivity contribution in [2.24, 2.45) is 7.05 Å². The SMILES string of the molecule is CNCc1c(C)nn(C)c1N(C)C1CCSC1. The highest BCUT2D eigenvalue weighted by Crippen LogP contribution is 2.29. The summed E-state index contributed by atoms with van der Waals surface area (Å²) in [6, 6.07) is 0.658. The number of hydrogen-bond acceptors (Lipinski definition) is 4. The lowest BCUT2D eigenvalue weighted by Crippen LogP contribution is -2.33.